The predicted molar refractivity (Wildman–Crippen MR) is 118 cm³/mol. The van der Waals surface area contributed by atoms with Crippen molar-refractivity contribution in [2.45, 2.75) is 32.3 Å². The zero-order valence-corrected chi connectivity index (χ0v) is 22.8. The zero-order chi connectivity index (χ0) is 20.9. The molecule has 1 fully saturated rings. The molecule has 0 radical (unpaired) electrons. The molecular formula is C20H18Cl3N3O2SZn. The third-order valence-electron chi connectivity index (χ3n) is 4.54. The first-order valence-corrected chi connectivity index (χ1v) is 11.0. The van der Waals surface area contributed by atoms with E-state index in [4.69, 9.17) is 39.5 Å². The maximum atomic E-state index is 12.1. The van der Waals surface area contributed by atoms with Gasteiger partial charge in [0.1, 0.15) is 15.8 Å². The Kier molecular flexibility index (Phi) is 7.00. The Bertz CT molecular complexity index is 1090. The first-order chi connectivity index (χ1) is 13.6. The van der Waals surface area contributed by atoms with Crippen LogP contribution >= 0.6 is 46.1 Å². The molecule has 1 aliphatic heterocycles. The zero-order valence-electron chi connectivity index (χ0n) is 16.7. The SMILES string of the molecule is CC(C)(C)OC(=O)N1CC(c2cc(Cl)c(-c3nc4ccnc(Cl)c4s3)c(Cl)c2)C1.[Zn]. The Hall–Kier alpha value is -0.977. The van der Waals surface area contributed by atoms with Gasteiger partial charge in [-0.1, -0.05) is 34.8 Å². The molecule has 10 heteroatoms. The van der Waals surface area contributed by atoms with Gasteiger partial charge in [-0.3, -0.25) is 0 Å². The van der Waals surface area contributed by atoms with E-state index in [9.17, 15) is 4.79 Å². The summed E-state index contributed by atoms with van der Waals surface area (Å²) in [6.45, 7) is 6.70. The number of rotatable bonds is 2. The Morgan fingerprint density at radius 1 is 1.20 bits per heavy atom. The second kappa shape index (κ2) is 8.87. The van der Waals surface area contributed by atoms with Crippen molar-refractivity contribution < 1.29 is 29.0 Å². The number of carbonyl (C=O) groups excluding carboxylic acids is 1. The van der Waals surface area contributed by atoms with E-state index in [0.717, 1.165) is 15.8 Å². The number of fused-ring (bicyclic) bond motifs is 1. The minimum Gasteiger partial charge on any atom is -0.444 e. The van der Waals surface area contributed by atoms with Crippen molar-refractivity contribution >= 4 is 62.4 Å². The molecule has 0 N–H and O–H groups in total. The maximum absolute atomic E-state index is 12.1. The van der Waals surface area contributed by atoms with Crippen LogP contribution in [0.15, 0.2) is 24.4 Å². The van der Waals surface area contributed by atoms with Gasteiger partial charge in [0.2, 0.25) is 0 Å². The monoisotopic (exact) mass is 533 g/mol. The molecule has 0 unspecified atom stereocenters. The van der Waals surface area contributed by atoms with Gasteiger partial charge in [0.15, 0.2) is 0 Å². The smallest absolute Gasteiger partial charge is 0.410 e. The van der Waals surface area contributed by atoms with Gasteiger partial charge < -0.3 is 9.64 Å². The van der Waals surface area contributed by atoms with Gasteiger partial charge in [-0.25, -0.2) is 14.8 Å². The number of benzene rings is 1. The molecule has 1 amide bonds. The molecule has 154 valence electrons. The number of halogens is 3. The maximum Gasteiger partial charge on any atom is 0.410 e. The number of ether oxygens (including phenoxy) is 1. The van der Waals surface area contributed by atoms with E-state index in [0.29, 0.717) is 38.9 Å². The van der Waals surface area contributed by atoms with Gasteiger partial charge in [0.05, 0.1) is 20.3 Å². The average Bonchev–Trinajstić information content (AvgIpc) is 2.96. The number of hydrogen-bond donors (Lipinski definition) is 0. The summed E-state index contributed by atoms with van der Waals surface area (Å²) in [4.78, 5) is 22.5. The quantitative estimate of drug-likeness (QED) is 0.272. The summed E-state index contributed by atoms with van der Waals surface area (Å²) < 4.78 is 6.20. The van der Waals surface area contributed by atoms with E-state index in [1.165, 1.54) is 11.3 Å². The Morgan fingerprint density at radius 3 is 2.40 bits per heavy atom. The van der Waals surface area contributed by atoms with Crippen LogP contribution in [0.3, 0.4) is 0 Å². The summed E-state index contributed by atoms with van der Waals surface area (Å²) >= 11 is 20.7. The predicted octanol–water partition coefficient (Wildman–Crippen LogP) is 6.65. The number of aromatic nitrogens is 2. The van der Waals surface area contributed by atoms with Crippen molar-refractivity contribution in [1.82, 2.24) is 14.9 Å². The molecule has 0 spiro atoms. The fraction of sp³-hybridized carbons (Fsp3) is 0.350. The minimum absolute atomic E-state index is 0. The largest absolute Gasteiger partial charge is 0.444 e. The number of nitrogens with zero attached hydrogens (tertiary/aromatic N) is 3. The first kappa shape index (κ1) is 23.7. The molecular weight excluding hydrogens is 518 g/mol. The van der Waals surface area contributed by atoms with Crippen LogP contribution in [0.25, 0.3) is 20.8 Å². The fourth-order valence-corrected chi connectivity index (χ4v) is 5.21. The van der Waals surface area contributed by atoms with E-state index in [1.807, 2.05) is 32.9 Å². The van der Waals surface area contributed by atoms with E-state index < -0.39 is 5.60 Å². The van der Waals surface area contributed by atoms with Gasteiger partial charge in [-0.05, 0) is 44.5 Å². The van der Waals surface area contributed by atoms with Crippen LogP contribution in [-0.4, -0.2) is 39.7 Å². The molecule has 1 aliphatic rings. The summed E-state index contributed by atoms with van der Waals surface area (Å²) in [6.07, 6.45) is 1.32. The summed E-state index contributed by atoms with van der Waals surface area (Å²) in [6, 6.07) is 5.59. The van der Waals surface area contributed by atoms with Crippen LogP contribution in [0.4, 0.5) is 4.79 Å². The van der Waals surface area contributed by atoms with E-state index in [1.54, 1.807) is 17.2 Å². The number of thiazole rings is 1. The Balaban J connectivity index is 0.00000256. The van der Waals surface area contributed by atoms with E-state index in [2.05, 4.69) is 9.97 Å². The Labute approximate surface area is 206 Å². The van der Waals surface area contributed by atoms with E-state index >= 15 is 0 Å². The topological polar surface area (TPSA) is 55.3 Å². The molecule has 0 saturated carbocycles. The van der Waals surface area contributed by atoms with Crippen molar-refractivity contribution in [2.75, 3.05) is 13.1 Å². The molecule has 3 heterocycles. The van der Waals surface area contributed by atoms with Gasteiger partial charge in [-0.2, -0.15) is 0 Å². The summed E-state index contributed by atoms with van der Waals surface area (Å²) in [5.74, 6) is 0.167. The first-order valence-electron chi connectivity index (χ1n) is 9.00. The Morgan fingerprint density at radius 2 is 1.83 bits per heavy atom. The average molecular weight is 536 g/mol. The van der Waals surface area contributed by atoms with Crippen molar-refractivity contribution in [1.29, 1.82) is 0 Å². The summed E-state index contributed by atoms with van der Waals surface area (Å²) in [5.41, 5.74) is 1.92. The van der Waals surface area contributed by atoms with Crippen LogP contribution in [0, 0.1) is 0 Å². The van der Waals surface area contributed by atoms with Crippen LogP contribution < -0.4 is 0 Å². The van der Waals surface area contributed by atoms with Crippen molar-refractivity contribution in [2.24, 2.45) is 0 Å². The van der Waals surface area contributed by atoms with E-state index in [-0.39, 0.29) is 31.5 Å². The molecule has 30 heavy (non-hydrogen) atoms. The van der Waals surface area contributed by atoms with Crippen molar-refractivity contribution in [3.8, 4) is 10.6 Å². The molecule has 3 aromatic rings. The number of hydrogen-bond acceptors (Lipinski definition) is 5. The van der Waals surface area contributed by atoms with Crippen LogP contribution in [-0.2, 0) is 24.2 Å². The third kappa shape index (κ3) is 4.76. The fourth-order valence-electron chi connectivity index (χ4n) is 3.13. The molecule has 0 atom stereocenters. The number of likely N-dealkylation sites (tertiary alicyclic amines) is 1. The summed E-state index contributed by atoms with van der Waals surface area (Å²) in [7, 11) is 0. The van der Waals surface area contributed by atoms with Gasteiger partial charge in [0, 0.05) is 50.2 Å². The molecule has 0 bridgehead atoms. The molecule has 2 aromatic heterocycles. The minimum atomic E-state index is -0.508. The molecule has 1 aromatic carbocycles. The van der Waals surface area contributed by atoms with Gasteiger partial charge in [-0.15, -0.1) is 11.3 Å². The third-order valence-corrected chi connectivity index (χ3v) is 6.63. The number of carbonyl (C=O) groups is 1. The molecule has 1 saturated heterocycles. The molecule has 5 nitrogen and oxygen atoms in total. The second-order valence-corrected chi connectivity index (χ2v) is 10.1. The normalized spacial score (nSPS) is 14.4. The molecule has 0 aliphatic carbocycles. The van der Waals surface area contributed by atoms with Gasteiger partial charge in [0.25, 0.3) is 0 Å². The standard InChI is InChI=1S/C20H18Cl3N3O2S.Zn/c1-20(2,3)28-19(27)26-8-11(9-26)10-6-12(21)15(13(22)7-10)18-25-14-4-5-24-17(23)16(14)29-18;/h4-7,11H,8-9H2,1-3H3;. The second-order valence-electron chi connectivity index (χ2n) is 7.91. The van der Waals surface area contributed by atoms with Crippen LogP contribution in [0.2, 0.25) is 15.2 Å². The van der Waals surface area contributed by atoms with Crippen molar-refractivity contribution in [3.05, 3.63) is 45.2 Å². The number of amides is 1. The number of pyridine rings is 1. The van der Waals surface area contributed by atoms with Gasteiger partial charge >= 0.3 is 6.09 Å². The van der Waals surface area contributed by atoms with Crippen LogP contribution in [0.5, 0.6) is 0 Å². The van der Waals surface area contributed by atoms with Crippen LogP contribution in [0.1, 0.15) is 32.3 Å². The summed E-state index contributed by atoms with van der Waals surface area (Å²) in [5, 5.41) is 2.14. The van der Waals surface area contributed by atoms with Crippen molar-refractivity contribution in [3.63, 3.8) is 0 Å². The molecule has 4 rings (SSSR count).